The van der Waals surface area contributed by atoms with Crippen LogP contribution in [0.15, 0.2) is 0 Å². The Balaban J connectivity index is 3.91. The minimum Gasteiger partial charge on any atom is -0.391 e. The van der Waals surface area contributed by atoms with Crippen LogP contribution in [0.4, 0.5) is 0 Å². The topological polar surface area (TPSA) is 131 Å². The number of hydrogen-bond acceptors (Lipinski definition) is 6. The van der Waals surface area contributed by atoms with Crippen LogP contribution in [0.2, 0.25) is 0 Å². The summed E-state index contributed by atoms with van der Waals surface area (Å²) in [6.45, 7) is 4.26. The van der Waals surface area contributed by atoms with Crippen molar-refractivity contribution >= 4 is 13.7 Å². The second-order valence-electron chi connectivity index (χ2n) is 18.8. The number of aliphatic hydroxyl groups excluding tert-OH is 1. The molecule has 1 amide bonds. The molecule has 5 N–H and O–H groups in total. The van der Waals surface area contributed by atoms with Crippen molar-refractivity contribution in [2.45, 2.75) is 309 Å². The number of unbranched alkanes of at least 4 members (excludes halogenated alkanes) is 40. The zero-order chi connectivity index (χ0) is 44.6. The predicted octanol–water partition coefficient (Wildman–Crippen LogP) is 16.1. The van der Waals surface area contributed by atoms with Crippen LogP contribution in [0.3, 0.4) is 0 Å². The number of phosphoric ester groups is 1. The van der Waals surface area contributed by atoms with Gasteiger partial charge >= 0.3 is 7.82 Å². The molecule has 0 bridgehead atoms. The van der Waals surface area contributed by atoms with Gasteiger partial charge < -0.3 is 21.1 Å². The minimum absolute atomic E-state index is 0.0928. The molecule has 3 atom stereocenters. The summed E-state index contributed by atoms with van der Waals surface area (Å²) < 4.78 is 22.3. The van der Waals surface area contributed by atoms with E-state index in [-0.39, 0.29) is 25.7 Å². The van der Waals surface area contributed by atoms with Crippen molar-refractivity contribution in [2.24, 2.45) is 5.73 Å². The third kappa shape index (κ3) is 47.3. The Morgan fingerprint density at radius 1 is 0.475 bits per heavy atom. The largest absolute Gasteiger partial charge is 0.472 e. The Hall–Kier alpha value is -0.500. The molecular formula is C52H107N2O6P. The highest BCUT2D eigenvalue weighted by Crippen LogP contribution is 2.43. The first-order valence-electron chi connectivity index (χ1n) is 27.2. The van der Waals surface area contributed by atoms with Crippen LogP contribution in [-0.2, 0) is 18.4 Å². The summed E-state index contributed by atoms with van der Waals surface area (Å²) in [7, 11) is -4.32. The Labute approximate surface area is 380 Å². The highest BCUT2D eigenvalue weighted by atomic mass is 31.2. The van der Waals surface area contributed by atoms with Gasteiger partial charge in [0, 0.05) is 13.0 Å². The molecule has 0 saturated carbocycles. The lowest BCUT2D eigenvalue weighted by Gasteiger charge is -2.25. The van der Waals surface area contributed by atoms with Gasteiger partial charge in [0.25, 0.3) is 0 Å². The second kappa shape index (κ2) is 48.9. The monoisotopic (exact) mass is 887 g/mol. The standard InChI is InChI=1S/C52H107N2O6P/c1-3-5-7-9-11-13-15-17-19-21-22-23-24-25-26-27-28-29-30-32-34-36-38-40-42-44-46-52(56)54-50(49-60-61(57,58)59-48-47-53)51(55)45-43-41-39-37-35-33-31-20-18-16-14-12-10-8-6-4-2/h50-51,55H,3-49,53H2,1-2H3,(H,54,56)(H,57,58)/t50-,51+/m0/s1. The van der Waals surface area contributed by atoms with Crippen LogP contribution in [0.5, 0.6) is 0 Å². The number of carbonyl (C=O) groups is 1. The van der Waals surface area contributed by atoms with Gasteiger partial charge in [0.05, 0.1) is 25.4 Å². The molecule has 8 nitrogen and oxygen atoms in total. The number of nitrogens with one attached hydrogen (secondary N) is 1. The minimum atomic E-state index is -4.32. The van der Waals surface area contributed by atoms with E-state index in [2.05, 4.69) is 19.2 Å². The van der Waals surface area contributed by atoms with Gasteiger partial charge in [0.1, 0.15) is 0 Å². The first kappa shape index (κ1) is 60.5. The van der Waals surface area contributed by atoms with Gasteiger partial charge in [0.15, 0.2) is 0 Å². The third-order valence-corrected chi connectivity index (χ3v) is 13.7. The van der Waals surface area contributed by atoms with E-state index in [4.69, 9.17) is 14.8 Å². The fraction of sp³-hybridized carbons (Fsp3) is 0.981. The molecule has 0 aromatic carbocycles. The number of phosphoric acid groups is 1. The maximum Gasteiger partial charge on any atom is 0.472 e. The lowest BCUT2D eigenvalue weighted by Crippen LogP contribution is -2.46. The van der Waals surface area contributed by atoms with Crippen molar-refractivity contribution < 1.29 is 28.4 Å². The molecule has 0 aromatic heterocycles. The summed E-state index contributed by atoms with van der Waals surface area (Å²) in [6, 6.07) is -0.769. The molecule has 9 heteroatoms. The second-order valence-corrected chi connectivity index (χ2v) is 20.3. The van der Waals surface area contributed by atoms with E-state index < -0.39 is 20.0 Å². The molecule has 0 radical (unpaired) electrons. The summed E-state index contributed by atoms with van der Waals surface area (Å²) in [5.41, 5.74) is 5.40. The van der Waals surface area contributed by atoms with E-state index >= 15 is 0 Å². The van der Waals surface area contributed by atoms with Gasteiger partial charge in [-0.15, -0.1) is 0 Å². The smallest absolute Gasteiger partial charge is 0.391 e. The number of hydrogen-bond donors (Lipinski definition) is 4. The first-order valence-corrected chi connectivity index (χ1v) is 28.6. The van der Waals surface area contributed by atoms with E-state index in [1.54, 1.807) is 0 Å². The van der Waals surface area contributed by atoms with Crippen molar-refractivity contribution in [1.29, 1.82) is 0 Å². The van der Waals surface area contributed by atoms with Gasteiger partial charge in [-0.25, -0.2) is 4.57 Å². The summed E-state index contributed by atoms with van der Waals surface area (Å²) in [5.74, 6) is -0.153. The molecule has 366 valence electrons. The number of nitrogens with two attached hydrogens (primary N) is 1. The zero-order valence-electron chi connectivity index (χ0n) is 40.9. The van der Waals surface area contributed by atoms with Crippen molar-refractivity contribution in [3.05, 3.63) is 0 Å². The molecule has 61 heavy (non-hydrogen) atoms. The first-order chi connectivity index (χ1) is 29.9. The highest BCUT2D eigenvalue weighted by Gasteiger charge is 2.27. The number of carbonyl (C=O) groups excluding carboxylic acids is 1. The summed E-state index contributed by atoms with van der Waals surface area (Å²) >= 11 is 0. The van der Waals surface area contributed by atoms with Gasteiger partial charge in [-0.1, -0.05) is 277 Å². The molecule has 0 heterocycles. The van der Waals surface area contributed by atoms with Crippen LogP contribution in [0.1, 0.15) is 296 Å². The quantitative estimate of drug-likeness (QED) is 0.0353. The molecule has 0 aliphatic carbocycles. The van der Waals surface area contributed by atoms with Crippen LogP contribution < -0.4 is 11.1 Å². The van der Waals surface area contributed by atoms with E-state index in [0.29, 0.717) is 12.8 Å². The maximum atomic E-state index is 12.9. The van der Waals surface area contributed by atoms with Crippen molar-refractivity contribution in [2.75, 3.05) is 19.8 Å². The molecule has 0 aliphatic heterocycles. The van der Waals surface area contributed by atoms with Crippen LogP contribution >= 0.6 is 7.82 Å². The molecular weight excluding hydrogens is 780 g/mol. The molecule has 0 aliphatic rings. The highest BCUT2D eigenvalue weighted by molar-refractivity contribution is 7.47. The fourth-order valence-electron chi connectivity index (χ4n) is 8.61. The summed E-state index contributed by atoms with van der Waals surface area (Å²) in [6.07, 6.45) is 55.7. The Morgan fingerprint density at radius 3 is 1.05 bits per heavy atom. The molecule has 0 aromatic rings. The zero-order valence-corrected chi connectivity index (χ0v) is 41.8. The van der Waals surface area contributed by atoms with Gasteiger partial charge in [0.2, 0.25) is 5.91 Å². The maximum absolute atomic E-state index is 12.9. The van der Waals surface area contributed by atoms with E-state index in [0.717, 1.165) is 38.5 Å². The molecule has 0 fully saturated rings. The predicted molar refractivity (Wildman–Crippen MR) is 263 cm³/mol. The summed E-state index contributed by atoms with van der Waals surface area (Å²) in [4.78, 5) is 22.9. The average Bonchev–Trinajstić information content (AvgIpc) is 3.25. The molecule has 0 saturated heterocycles. The van der Waals surface area contributed by atoms with Gasteiger partial charge in [-0.05, 0) is 12.8 Å². The number of rotatable bonds is 52. The lowest BCUT2D eigenvalue weighted by atomic mass is 10.0. The van der Waals surface area contributed by atoms with Crippen molar-refractivity contribution in [3.8, 4) is 0 Å². The van der Waals surface area contributed by atoms with Crippen molar-refractivity contribution in [3.63, 3.8) is 0 Å². The summed E-state index contributed by atoms with van der Waals surface area (Å²) in [5, 5.41) is 13.9. The number of aliphatic hydroxyl groups is 1. The SMILES string of the molecule is CCCCCCCCCCCCCCCCCCCCCCCCCCCCC(=O)N[C@@H](COP(=O)(O)OCCN)[C@H](O)CCCCCCCCCCCCCCCCCC. The Morgan fingerprint density at radius 2 is 0.754 bits per heavy atom. The Kier molecular flexibility index (Phi) is 48.5. The van der Waals surface area contributed by atoms with Gasteiger partial charge in [-0.3, -0.25) is 13.8 Å². The van der Waals surface area contributed by atoms with E-state index in [1.807, 2.05) is 0 Å². The molecule has 0 spiro atoms. The van der Waals surface area contributed by atoms with Gasteiger partial charge in [-0.2, -0.15) is 0 Å². The third-order valence-electron chi connectivity index (χ3n) is 12.7. The normalized spacial score (nSPS) is 13.7. The van der Waals surface area contributed by atoms with Crippen LogP contribution in [-0.4, -0.2) is 47.8 Å². The molecule has 1 unspecified atom stereocenters. The van der Waals surface area contributed by atoms with E-state index in [1.165, 1.54) is 231 Å². The van der Waals surface area contributed by atoms with Crippen LogP contribution in [0, 0.1) is 0 Å². The van der Waals surface area contributed by atoms with E-state index in [9.17, 15) is 19.4 Å². The fourth-order valence-corrected chi connectivity index (χ4v) is 9.37. The molecule has 0 rings (SSSR count). The van der Waals surface area contributed by atoms with Crippen LogP contribution in [0.25, 0.3) is 0 Å². The number of amides is 1. The lowest BCUT2D eigenvalue weighted by molar-refractivity contribution is -0.123. The Bertz CT molecular complexity index is 926. The average molecular weight is 887 g/mol. The van der Waals surface area contributed by atoms with Crippen molar-refractivity contribution in [1.82, 2.24) is 5.32 Å².